The molecule has 0 aliphatic heterocycles. The van der Waals surface area contributed by atoms with Crippen LogP contribution < -0.4 is 0 Å². The zero-order chi connectivity index (χ0) is 13.2. The molecule has 0 heterocycles. The van der Waals surface area contributed by atoms with Crippen LogP contribution in [0.25, 0.3) is 0 Å². The van der Waals surface area contributed by atoms with Crippen molar-refractivity contribution in [3.05, 3.63) is 28.8 Å². The summed E-state index contributed by atoms with van der Waals surface area (Å²) in [7, 11) is -1.96. The molecule has 0 radical (unpaired) electrons. The average molecular weight is 295 g/mol. The molecular weight excluding hydrogens is 280 g/mol. The van der Waals surface area contributed by atoms with Gasteiger partial charge in [0.05, 0.1) is 17.1 Å². The topological polar surface area (TPSA) is 80.7 Å². The van der Waals surface area contributed by atoms with E-state index in [1.54, 1.807) is 6.92 Å². The zero-order valence-electron chi connectivity index (χ0n) is 10.3. The third-order valence-corrected chi connectivity index (χ3v) is 3.66. The minimum Gasteiger partial charge on any atom is -0.478 e. The normalized spacial score (nSPS) is 10.8. The maximum atomic E-state index is 11.6. The SMILES string of the molecule is COCc1c(S(C)(=O)=O)ccc(C(=O)O)c1C.Cl. The van der Waals surface area contributed by atoms with Gasteiger partial charge in [0.25, 0.3) is 0 Å². The highest BCUT2D eigenvalue weighted by Crippen LogP contribution is 2.23. The summed E-state index contributed by atoms with van der Waals surface area (Å²) in [5.74, 6) is -1.08. The van der Waals surface area contributed by atoms with Gasteiger partial charge in [0.15, 0.2) is 9.84 Å². The fraction of sp³-hybridized carbons (Fsp3) is 0.364. The molecule has 0 aliphatic carbocycles. The Balaban J connectivity index is 0.00000289. The second-order valence-corrected chi connectivity index (χ2v) is 5.71. The van der Waals surface area contributed by atoms with Gasteiger partial charge in [-0.2, -0.15) is 0 Å². The first-order valence-electron chi connectivity index (χ1n) is 4.83. The Bertz CT molecular complexity index is 551. The molecule has 7 heteroatoms. The van der Waals surface area contributed by atoms with Crippen molar-refractivity contribution in [1.82, 2.24) is 0 Å². The monoisotopic (exact) mass is 294 g/mol. The summed E-state index contributed by atoms with van der Waals surface area (Å²) in [4.78, 5) is 11.1. The van der Waals surface area contributed by atoms with Gasteiger partial charge < -0.3 is 9.84 Å². The van der Waals surface area contributed by atoms with Crippen LogP contribution in [0.4, 0.5) is 0 Å². The molecule has 1 N–H and O–H groups in total. The van der Waals surface area contributed by atoms with Crippen LogP contribution in [-0.4, -0.2) is 32.9 Å². The number of carboxylic acids is 1. The molecule has 0 bridgehead atoms. The quantitative estimate of drug-likeness (QED) is 0.913. The summed E-state index contributed by atoms with van der Waals surface area (Å²) >= 11 is 0. The molecule has 0 spiro atoms. The predicted molar refractivity (Wildman–Crippen MR) is 69.2 cm³/mol. The Morgan fingerprint density at radius 2 is 1.94 bits per heavy atom. The molecule has 1 aromatic carbocycles. The number of carboxylic acid groups (broad SMARTS) is 1. The molecule has 0 fully saturated rings. The maximum Gasteiger partial charge on any atom is 0.335 e. The van der Waals surface area contributed by atoms with Gasteiger partial charge in [-0.1, -0.05) is 0 Å². The molecule has 0 saturated heterocycles. The number of carbonyl (C=O) groups is 1. The highest BCUT2D eigenvalue weighted by atomic mass is 35.5. The van der Waals surface area contributed by atoms with Gasteiger partial charge in [0.1, 0.15) is 0 Å². The Labute approximate surface area is 112 Å². The summed E-state index contributed by atoms with van der Waals surface area (Å²) in [5, 5.41) is 8.96. The first-order chi connectivity index (χ1) is 7.79. The van der Waals surface area contributed by atoms with Crippen LogP contribution in [0.15, 0.2) is 17.0 Å². The summed E-state index contributed by atoms with van der Waals surface area (Å²) in [6, 6.07) is 2.60. The first kappa shape index (κ1) is 16.9. The lowest BCUT2D eigenvalue weighted by Gasteiger charge is -2.12. The van der Waals surface area contributed by atoms with E-state index < -0.39 is 15.8 Å². The highest BCUT2D eigenvalue weighted by molar-refractivity contribution is 7.90. The lowest BCUT2D eigenvalue weighted by Crippen LogP contribution is -2.10. The third kappa shape index (κ3) is 3.44. The molecule has 0 unspecified atom stereocenters. The lowest BCUT2D eigenvalue weighted by atomic mass is 10.0. The molecule has 0 amide bonds. The van der Waals surface area contributed by atoms with Crippen molar-refractivity contribution in [2.75, 3.05) is 13.4 Å². The highest BCUT2D eigenvalue weighted by Gasteiger charge is 2.19. The summed E-state index contributed by atoms with van der Waals surface area (Å²) in [6.07, 6.45) is 1.08. The zero-order valence-corrected chi connectivity index (χ0v) is 11.9. The van der Waals surface area contributed by atoms with E-state index in [0.29, 0.717) is 11.1 Å². The van der Waals surface area contributed by atoms with Gasteiger partial charge in [-0.15, -0.1) is 12.4 Å². The fourth-order valence-electron chi connectivity index (χ4n) is 1.63. The van der Waals surface area contributed by atoms with Gasteiger partial charge in [-0.25, -0.2) is 13.2 Å². The minimum atomic E-state index is -3.39. The van der Waals surface area contributed by atoms with Crippen LogP contribution in [0, 0.1) is 6.92 Å². The van der Waals surface area contributed by atoms with E-state index in [1.165, 1.54) is 19.2 Å². The van der Waals surface area contributed by atoms with Gasteiger partial charge in [-0.3, -0.25) is 0 Å². The minimum absolute atomic E-state index is 0. The number of sulfone groups is 1. The van der Waals surface area contributed by atoms with Crippen molar-refractivity contribution in [3.8, 4) is 0 Å². The maximum absolute atomic E-state index is 11.6. The molecule has 102 valence electrons. The van der Waals surface area contributed by atoms with Crippen LogP contribution in [0.5, 0.6) is 0 Å². The Hall–Kier alpha value is -1.11. The Morgan fingerprint density at radius 1 is 1.39 bits per heavy atom. The summed E-state index contributed by atoms with van der Waals surface area (Å²) < 4.78 is 28.0. The van der Waals surface area contributed by atoms with E-state index >= 15 is 0 Å². The average Bonchev–Trinajstić information content (AvgIpc) is 2.18. The van der Waals surface area contributed by atoms with Crippen molar-refractivity contribution in [2.24, 2.45) is 0 Å². The molecule has 0 aliphatic rings. The van der Waals surface area contributed by atoms with Crippen LogP contribution in [0.2, 0.25) is 0 Å². The Morgan fingerprint density at radius 3 is 2.33 bits per heavy atom. The molecule has 5 nitrogen and oxygen atoms in total. The smallest absolute Gasteiger partial charge is 0.335 e. The molecular formula is C11H15ClO5S. The number of ether oxygens (including phenoxy) is 1. The standard InChI is InChI=1S/C11H14O5S.ClH/c1-7-8(11(12)13)4-5-10(17(3,14)15)9(7)6-16-2;/h4-5H,6H2,1-3H3,(H,12,13);1H. The summed E-state index contributed by atoms with van der Waals surface area (Å²) in [5.41, 5.74) is 0.904. The number of hydrogen-bond acceptors (Lipinski definition) is 4. The number of rotatable bonds is 4. The van der Waals surface area contributed by atoms with Crippen LogP contribution >= 0.6 is 12.4 Å². The Kier molecular flexibility index (Phi) is 5.79. The van der Waals surface area contributed by atoms with Crippen LogP contribution in [0.3, 0.4) is 0 Å². The van der Waals surface area contributed by atoms with Gasteiger partial charge in [0.2, 0.25) is 0 Å². The molecule has 0 saturated carbocycles. The van der Waals surface area contributed by atoms with E-state index in [-0.39, 0.29) is 29.5 Å². The molecule has 1 aromatic rings. The van der Waals surface area contributed by atoms with E-state index in [4.69, 9.17) is 9.84 Å². The molecule has 1 rings (SSSR count). The van der Waals surface area contributed by atoms with Crippen molar-refractivity contribution in [3.63, 3.8) is 0 Å². The van der Waals surface area contributed by atoms with E-state index in [9.17, 15) is 13.2 Å². The second kappa shape index (κ2) is 6.17. The lowest BCUT2D eigenvalue weighted by molar-refractivity contribution is 0.0695. The van der Waals surface area contributed by atoms with Crippen molar-refractivity contribution in [2.45, 2.75) is 18.4 Å². The third-order valence-electron chi connectivity index (χ3n) is 2.47. The van der Waals surface area contributed by atoms with Crippen LogP contribution in [0.1, 0.15) is 21.5 Å². The van der Waals surface area contributed by atoms with Gasteiger partial charge in [-0.05, 0) is 24.6 Å². The van der Waals surface area contributed by atoms with Crippen molar-refractivity contribution < 1.29 is 23.1 Å². The predicted octanol–water partition coefficient (Wildman–Crippen LogP) is 1.66. The van der Waals surface area contributed by atoms with Gasteiger partial charge in [0, 0.05) is 18.9 Å². The first-order valence-corrected chi connectivity index (χ1v) is 6.73. The summed E-state index contributed by atoms with van der Waals surface area (Å²) in [6.45, 7) is 1.64. The van der Waals surface area contributed by atoms with E-state index in [1.807, 2.05) is 0 Å². The number of benzene rings is 1. The van der Waals surface area contributed by atoms with Crippen molar-refractivity contribution >= 4 is 28.2 Å². The fourth-order valence-corrected chi connectivity index (χ4v) is 2.61. The van der Waals surface area contributed by atoms with Crippen molar-refractivity contribution in [1.29, 1.82) is 0 Å². The number of methoxy groups -OCH3 is 1. The molecule has 0 atom stereocenters. The number of halogens is 1. The van der Waals surface area contributed by atoms with E-state index in [0.717, 1.165) is 6.26 Å². The molecule has 0 aromatic heterocycles. The van der Waals surface area contributed by atoms with Gasteiger partial charge >= 0.3 is 5.97 Å². The molecule has 18 heavy (non-hydrogen) atoms. The number of aromatic carboxylic acids is 1. The largest absolute Gasteiger partial charge is 0.478 e. The number of hydrogen-bond donors (Lipinski definition) is 1. The second-order valence-electron chi connectivity index (χ2n) is 3.73. The van der Waals surface area contributed by atoms with E-state index in [2.05, 4.69) is 0 Å². The van der Waals surface area contributed by atoms with Crippen LogP contribution in [-0.2, 0) is 21.2 Å².